The van der Waals surface area contributed by atoms with E-state index in [9.17, 15) is 15.0 Å². The molecule has 0 unspecified atom stereocenters. The minimum atomic E-state index is -0.921. The molecule has 1 fully saturated rings. The van der Waals surface area contributed by atoms with Crippen molar-refractivity contribution in [3.8, 4) is 5.75 Å². The third kappa shape index (κ3) is 2.50. The smallest absolute Gasteiger partial charge is 0.314 e. The van der Waals surface area contributed by atoms with Crippen LogP contribution in [0.25, 0.3) is 0 Å². The maximum atomic E-state index is 11.8. The number of phenolic OH excluding ortho intramolecular Hbond substituents is 1. The molecule has 4 heteroatoms. The summed E-state index contributed by atoms with van der Waals surface area (Å²) < 4.78 is 0.591. The summed E-state index contributed by atoms with van der Waals surface area (Å²) in [5, 5.41) is 20.0. The zero-order valence-electron chi connectivity index (χ0n) is 11.1. The van der Waals surface area contributed by atoms with Crippen LogP contribution >= 0.6 is 15.9 Å². The highest BCUT2D eigenvalue weighted by atomic mass is 79.9. The number of halogens is 1. The Bertz CT molecular complexity index is 490. The van der Waals surface area contributed by atoms with Crippen LogP contribution in [0.3, 0.4) is 0 Å². The molecule has 1 aliphatic carbocycles. The number of benzene rings is 1. The highest BCUT2D eigenvalue weighted by molar-refractivity contribution is 9.10. The second kappa shape index (κ2) is 5.53. The number of carboxylic acids is 1. The summed E-state index contributed by atoms with van der Waals surface area (Å²) in [5.74, 6) is -0.732. The number of aryl methyl sites for hydroxylation is 1. The van der Waals surface area contributed by atoms with Gasteiger partial charge in [-0.3, -0.25) is 4.79 Å². The molecule has 0 aromatic heterocycles. The molecule has 0 aliphatic heterocycles. The van der Waals surface area contributed by atoms with Gasteiger partial charge in [0, 0.05) is 5.56 Å². The average Bonchev–Trinajstić information content (AvgIpc) is 2.42. The lowest BCUT2D eigenvalue weighted by atomic mass is 9.69. The quantitative estimate of drug-likeness (QED) is 0.882. The summed E-state index contributed by atoms with van der Waals surface area (Å²) in [6, 6.07) is 3.72. The van der Waals surface area contributed by atoms with Crippen molar-refractivity contribution in [2.75, 3.05) is 0 Å². The molecule has 1 aromatic carbocycles. The molecule has 1 saturated carbocycles. The van der Waals surface area contributed by atoms with Gasteiger partial charge in [0.2, 0.25) is 0 Å². The molecule has 2 rings (SSSR count). The summed E-state index contributed by atoms with van der Waals surface area (Å²) in [7, 11) is 0. The van der Waals surface area contributed by atoms with Gasteiger partial charge >= 0.3 is 5.97 Å². The number of phenols is 1. The molecule has 1 aliphatic rings. The third-order valence-electron chi connectivity index (χ3n) is 4.16. The maximum absolute atomic E-state index is 11.8. The Morgan fingerprint density at radius 2 is 1.95 bits per heavy atom. The molecule has 0 atom stereocenters. The molecule has 3 nitrogen and oxygen atoms in total. The van der Waals surface area contributed by atoms with Gasteiger partial charge in [0.25, 0.3) is 0 Å². The lowest BCUT2D eigenvalue weighted by molar-refractivity contribution is -0.145. The Balaban J connectivity index is 2.59. The molecular formula is C15H19BrO3. The minimum absolute atomic E-state index is 0.0847. The molecule has 0 amide bonds. The normalized spacial score (nSPS) is 18.2. The monoisotopic (exact) mass is 326 g/mol. The van der Waals surface area contributed by atoms with Gasteiger partial charge in [0.15, 0.2) is 0 Å². The van der Waals surface area contributed by atoms with E-state index in [1.54, 1.807) is 0 Å². The largest absolute Gasteiger partial charge is 0.506 e. The van der Waals surface area contributed by atoms with Crippen LogP contribution in [-0.2, 0) is 16.6 Å². The van der Waals surface area contributed by atoms with Crippen LogP contribution in [-0.4, -0.2) is 16.2 Å². The highest BCUT2D eigenvalue weighted by Crippen LogP contribution is 2.45. The van der Waals surface area contributed by atoms with E-state index in [-0.39, 0.29) is 5.75 Å². The number of rotatable bonds is 3. The molecule has 104 valence electrons. The van der Waals surface area contributed by atoms with Gasteiger partial charge in [0.05, 0.1) is 9.89 Å². The van der Waals surface area contributed by atoms with Crippen LogP contribution < -0.4 is 0 Å². The van der Waals surface area contributed by atoms with Gasteiger partial charge in [-0.2, -0.15) is 0 Å². The molecule has 2 N–H and O–H groups in total. The summed E-state index contributed by atoms with van der Waals surface area (Å²) in [4.78, 5) is 11.8. The highest BCUT2D eigenvalue weighted by Gasteiger charge is 2.43. The fourth-order valence-electron chi connectivity index (χ4n) is 2.98. The second-order valence-electron chi connectivity index (χ2n) is 5.28. The number of hydrogen-bond acceptors (Lipinski definition) is 2. The molecule has 0 heterocycles. The average molecular weight is 327 g/mol. The van der Waals surface area contributed by atoms with Gasteiger partial charge in [-0.05, 0) is 46.8 Å². The minimum Gasteiger partial charge on any atom is -0.506 e. The molecule has 0 bridgehead atoms. The number of carbonyl (C=O) groups is 1. The van der Waals surface area contributed by atoms with Crippen LogP contribution in [0.5, 0.6) is 5.75 Å². The second-order valence-corrected chi connectivity index (χ2v) is 6.13. The third-order valence-corrected chi connectivity index (χ3v) is 4.77. The van der Waals surface area contributed by atoms with Crippen molar-refractivity contribution >= 4 is 21.9 Å². The van der Waals surface area contributed by atoms with Gasteiger partial charge in [0.1, 0.15) is 5.75 Å². The van der Waals surface area contributed by atoms with Crippen molar-refractivity contribution in [1.82, 2.24) is 0 Å². The SMILES string of the molecule is CCc1cc(Br)c(O)c(C2(C(=O)O)CCCCC2)c1. The van der Waals surface area contributed by atoms with E-state index in [1.165, 1.54) is 0 Å². The Morgan fingerprint density at radius 3 is 2.47 bits per heavy atom. The van der Waals surface area contributed by atoms with E-state index in [2.05, 4.69) is 15.9 Å². The topological polar surface area (TPSA) is 57.5 Å². The Labute approximate surface area is 121 Å². The van der Waals surface area contributed by atoms with Crippen molar-refractivity contribution in [2.45, 2.75) is 50.9 Å². The zero-order valence-corrected chi connectivity index (χ0v) is 12.7. The van der Waals surface area contributed by atoms with Gasteiger partial charge in [-0.1, -0.05) is 32.3 Å². The van der Waals surface area contributed by atoms with E-state index >= 15 is 0 Å². The summed E-state index contributed by atoms with van der Waals surface area (Å²) in [5.41, 5.74) is 0.701. The van der Waals surface area contributed by atoms with Gasteiger partial charge in [-0.25, -0.2) is 0 Å². The van der Waals surface area contributed by atoms with Crippen LogP contribution in [0.15, 0.2) is 16.6 Å². The van der Waals surface area contributed by atoms with Gasteiger partial charge in [-0.15, -0.1) is 0 Å². The van der Waals surface area contributed by atoms with Gasteiger partial charge < -0.3 is 10.2 Å². The van der Waals surface area contributed by atoms with E-state index in [1.807, 2.05) is 19.1 Å². The molecular weight excluding hydrogens is 308 g/mol. The van der Waals surface area contributed by atoms with Crippen molar-refractivity contribution in [3.05, 3.63) is 27.7 Å². The van der Waals surface area contributed by atoms with E-state index in [0.29, 0.717) is 22.9 Å². The predicted octanol–water partition coefficient (Wildman–Crippen LogP) is 4.00. The molecule has 0 spiro atoms. The summed E-state index contributed by atoms with van der Waals surface area (Å²) in [6.45, 7) is 2.02. The van der Waals surface area contributed by atoms with Crippen molar-refractivity contribution in [1.29, 1.82) is 0 Å². The zero-order chi connectivity index (χ0) is 14.0. The summed E-state index contributed by atoms with van der Waals surface area (Å²) in [6.07, 6.45) is 4.91. The predicted molar refractivity (Wildman–Crippen MR) is 77.6 cm³/mol. The van der Waals surface area contributed by atoms with E-state index in [0.717, 1.165) is 31.2 Å². The molecule has 19 heavy (non-hydrogen) atoms. The van der Waals surface area contributed by atoms with Crippen LogP contribution in [0.1, 0.15) is 50.2 Å². The fourth-order valence-corrected chi connectivity index (χ4v) is 3.49. The Hall–Kier alpha value is -1.03. The maximum Gasteiger partial charge on any atom is 0.314 e. The van der Waals surface area contributed by atoms with E-state index < -0.39 is 11.4 Å². The standard InChI is InChI=1S/C15H19BrO3/c1-2-10-8-11(13(17)12(16)9-10)15(14(18)19)6-4-3-5-7-15/h8-9,17H,2-7H2,1H3,(H,18,19). The van der Waals surface area contributed by atoms with E-state index in [4.69, 9.17) is 0 Å². The van der Waals surface area contributed by atoms with Crippen LogP contribution in [0.2, 0.25) is 0 Å². The lowest BCUT2D eigenvalue weighted by Crippen LogP contribution is -2.38. The number of hydrogen-bond donors (Lipinski definition) is 2. The van der Waals surface area contributed by atoms with Crippen molar-refractivity contribution in [3.63, 3.8) is 0 Å². The number of aliphatic carboxylic acids is 1. The first kappa shape index (κ1) is 14.4. The lowest BCUT2D eigenvalue weighted by Gasteiger charge is -2.34. The van der Waals surface area contributed by atoms with Crippen LogP contribution in [0.4, 0.5) is 0 Å². The molecule has 0 radical (unpaired) electrons. The van der Waals surface area contributed by atoms with Crippen molar-refractivity contribution < 1.29 is 15.0 Å². The van der Waals surface area contributed by atoms with Crippen LogP contribution in [0, 0.1) is 0 Å². The molecule has 1 aromatic rings. The fraction of sp³-hybridized carbons (Fsp3) is 0.533. The number of carboxylic acid groups (broad SMARTS) is 1. The first-order valence-corrected chi connectivity index (χ1v) is 7.56. The summed E-state index contributed by atoms with van der Waals surface area (Å²) >= 11 is 3.33. The Morgan fingerprint density at radius 1 is 1.32 bits per heavy atom. The molecule has 0 saturated heterocycles. The van der Waals surface area contributed by atoms with Crippen molar-refractivity contribution in [2.24, 2.45) is 0 Å². The first-order valence-electron chi connectivity index (χ1n) is 6.76. The Kier molecular flexibility index (Phi) is 4.19. The first-order chi connectivity index (χ1) is 9.01. The number of aromatic hydroxyl groups is 1.